The lowest BCUT2D eigenvalue weighted by atomic mass is 10.2. The molecule has 0 fully saturated rings. The van der Waals surface area contributed by atoms with Gasteiger partial charge >= 0.3 is 0 Å². The maximum Gasteiger partial charge on any atom is 0.250 e. The van der Waals surface area contributed by atoms with Crippen molar-refractivity contribution < 1.29 is 8.78 Å². The summed E-state index contributed by atoms with van der Waals surface area (Å²) in [7, 11) is 0. The fourth-order valence-electron chi connectivity index (χ4n) is 0.980. The molecule has 0 aromatic carbocycles. The molecule has 4 heteroatoms. The van der Waals surface area contributed by atoms with Crippen LogP contribution in [0.2, 0.25) is 0 Å². The van der Waals surface area contributed by atoms with Crippen LogP contribution in [0.1, 0.15) is 20.3 Å². The summed E-state index contributed by atoms with van der Waals surface area (Å²) < 4.78 is 23.3. The van der Waals surface area contributed by atoms with Gasteiger partial charge in [-0.2, -0.15) is 0 Å². The predicted molar refractivity (Wildman–Crippen MR) is 46.6 cm³/mol. The van der Waals surface area contributed by atoms with Crippen LogP contribution < -0.4 is 10.6 Å². The number of hydrogen-bond acceptors (Lipinski definition) is 2. The molecule has 0 radical (unpaired) electrons. The second-order valence-electron chi connectivity index (χ2n) is 2.84. The molecule has 0 aromatic rings. The van der Waals surface area contributed by atoms with E-state index in [9.17, 15) is 8.78 Å². The monoisotopic (exact) mass is 180 g/mol. The zero-order chi connectivity index (χ0) is 9.40. The van der Waals surface area contributed by atoms with Crippen LogP contribution in [0.25, 0.3) is 0 Å². The standard InChI is InChI=1S/C8H18F2N2/c1-3-12-7(2)4-5-11-6-8(9)10/h7-8,11-12H,3-6H2,1-2H3. The molecule has 0 aliphatic carbocycles. The van der Waals surface area contributed by atoms with Gasteiger partial charge in [-0.3, -0.25) is 0 Å². The van der Waals surface area contributed by atoms with Crippen molar-refractivity contribution in [2.24, 2.45) is 0 Å². The Balaban J connectivity index is 3.08. The van der Waals surface area contributed by atoms with E-state index < -0.39 is 6.43 Å². The predicted octanol–water partition coefficient (Wildman–Crippen LogP) is 1.23. The van der Waals surface area contributed by atoms with E-state index in [1.807, 2.05) is 13.8 Å². The van der Waals surface area contributed by atoms with E-state index in [0.29, 0.717) is 12.6 Å². The average molecular weight is 180 g/mol. The molecule has 2 N–H and O–H groups in total. The topological polar surface area (TPSA) is 24.1 Å². The van der Waals surface area contributed by atoms with Crippen LogP contribution in [0.3, 0.4) is 0 Å². The molecule has 0 saturated carbocycles. The maximum absolute atomic E-state index is 11.6. The Morgan fingerprint density at radius 2 is 2.00 bits per heavy atom. The Kier molecular flexibility index (Phi) is 7.29. The van der Waals surface area contributed by atoms with Gasteiger partial charge in [0, 0.05) is 6.04 Å². The molecule has 12 heavy (non-hydrogen) atoms. The van der Waals surface area contributed by atoms with Crippen LogP contribution in [0.5, 0.6) is 0 Å². The van der Waals surface area contributed by atoms with Crippen molar-refractivity contribution in [3.8, 4) is 0 Å². The van der Waals surface area contributed by atoms with Crippen molar-refractivity contribution in [2.45, 2.75) is 32.7 Å². The Bertz CT molecular complexity index is 99.1. The third kappa shape index (κ3) is 7.88. The van der Waals surface area contributed by atoms with Gasteiger partial charge in [0.1, 0.15) is 0 Å². The van der Waals surface area contributed by atoms with Crippen LogP contribution in [0, 0.1) is 0 Å². The van der Waals surface area contributed by atoms with Gasteiger partial charge in [0.25, 0.3) is 6.43 Å². The molecule has 2 nitrogen and oxygen atoms in total. The van der Waals surface area contributed by atoms with Crippen molar-refractivity contribution in [3.05, 3.63) is 0 Å². The largest absolute Gasteiger partial charge is 0.314 e. The SMILES string of the molecule is CCNC(C)CCNCC(F)F. The third-order valence-electron chi connectivity index (χ3n) is 1.61. The molecule has 0 heterocycles. The minimum atomic E-state index is -2.24. The van der Waals surface area contributed by atoms with Gasteiger partial charge in [-0.05, 0) is 26.4 Å². The van der Waals surface area contributed by atoms with E-state index in [1.165, 1.54) is 0 Å². The highest BCUT2D eigenvalue weighted by molar-refractivity contribution is 4.61. The zero-order valence-electron chi connectivity index (χ0n) is 7.74. The maximum atomic E-state index is 11.6. The Hall–Kier alpha value is -0.220. The van der Waals surface area contributed by atoms with E-state index in [-0.39, 0.29) is 6.54 Å². The van der Waals surface area contributed by atoms with Crippen LogP contribution >= 0.6 is 0 Å². The minimum Gasteiger partial charge on any atom is -0.314 e. The summed E-state index contributed by atoms with van der Waals surface area (Å²) in [6.07, 6.45) is -1.35. The third-order valence-corrected chi connectivity index (χ3v) is 1.61. The van der Waals surface area contributed by atoms with E-state index in [0.717, 1.165) is 13.0 Å². The van der Waals surface area contributed by atoms with Gasteiger partial charge < -0.3 is 10.6 Å². The molecular formula is C8H18F2N2. The zero-order valence-corrected chi connectivity index (χ0v) is 7.74. The van der Waals surface area contributed by atoms with Crippen LogP contribution in [-0.4, -0.2) is 32.1 Å². The van der Waals surface area contributed by atoms with Gasteiger partial charge in [-0.1, -0.05) is 6.92 Å². The number of halogens is 2. The molecule has 74 valence electrons. The van der Waals surface area contributed by atoms with Gasteiger partial charge in [-0.25, -0.2) is 8.78 Å². The normalized spacial score (nSPS) is 13.8. The molecule has 0 bridgehead atoms. The summed E-state index contributed by atoms with van der Waals surface area (Å²) in [5, 5.41) is 5.89. The summed E-state index contributed by atoms with van der Waals surface area (Å²) >= 11 is 0. The summed E-state index contributed by atoms with van der Waals surface area (Å²) in [4.78, 5) is 0. The summed E-state index contributed by atoms with van der Waals surface area (Å²) in [6.45, 7) is 5.46. The van der Waals surface area contributed by atoms with E-state index in [2.05, 4.69) is 10.6 Å². The number of nitrogens with one attached hydrogen (secondary N) is 2. The molecule has 0 aromatic heterocycles. The smallest absolute Gasteiger partial charge is 0.250 e. The lowest BCUT2D eigenvalue weighted by Gasteiger charge is -2.12. The average Bonchev–Trinajstić information content (AvgIpc) is 1.98. The molecule has 0 aliphatic rings. The van der Waals surface area contributed by atoms with Crippen molar-refractivity contribution >= 4 is 0 Å². The molecule has 1 atom stereocenters. The molecule has 0 spiro atoms. The summed E-state index contributed by atoms with van der Waals surface area (Å²) in [6, 6.07) is 0.403. The number of hydrogen-bond donors (Lipinski definition) is 2. The van der Waals surface area contributed by atoms with E-state index in [4.69, 9.17) is 0 Å². The second kappa shape index (κ2) is 7.43. The molecule has 0 rings (SSSR count). The first-order valence-electron chi connectivity index (χ1n) is 4.39. The quantitative estimate of drug-likeness (QED) is 0.576. The second-order valence-corrected chi connectivity index (χ2v) is 2.84. The van der Waals surface area contributed by atoms with Crippen molar-refractivity contribution in [1.82, 2.24) is 10.6 Å². The Morgan fingerprint density at radius 1 is 1.33 bits per heavy atom. The van der Waals surface area contributed by atoms with Crippen LogP contribution in [0.4, 0.5) is 8.78 Å². The van der Waals surface area contributed by atoms with E-state index in [1.54, 1.807) is 0 Å². The van der Waals surface area contributed by atoms with Gasteiger partial charge in [0.15, 0.2) is 0 Å². The Morgan fingerprint density at radius 3 is 2.50 bits per heavy atom. The Labute approximate surface area is 72.7 Å². The molecule has 0 amide bonds. The van der Waals surface area contributed by atoms with Crippen molar-refractivity contribution in [1.29, 1.82) is 0 Å². The summed E-state index contributed by atoms with van der Waals surface area (Å²) in [5.41, 5.74) is 0. The number of alkyl halides is 2. The van der Waals surface area contributed by atoms with Gasteiger partial charge in [0.2, 0.25) is 0 Å². The van der Waals surface area contributed by atoms with E-state index >= 15 is 0 Å². The number of rotatable bonds is 7. The minimum absolute atomic E-state index is 0.196. The lowest BCUT2D eigenvalue weighted by molar-refractivity contribution is 0.145. The lowest BCUT2D eigenvalue weighted by Crippen LogP contribution is -2.31. The van der Waals surface area contributed by atoms with Crippen molar-refractivity contribution in [3.63, 3.8) is 0 Å². The first-order valence-corrected chi connectivity index (χ1v) is 4.39. The van der Waals surface area contributed by atoms with Gasteiger partial charge in [-0.15, -0.1) is 0 Å². The fraction of sp³-hybridized carbons (Fsp3) is 1.00. The summed E-state index contributed by atoms with van der Waals surface area (Å²) in [5.74, 6) is 0. The first-order chi connectivity index (χ1) is 5.66. The fourth-order valence-corrected chi connectivity index (χ4v) is 0.980. The van der Waals surface area contributed by atoms with Crippen LogP contribution in [0.15, 0.2) is 0 Å². The molecular weight excluding hydrogens is 162 g/mol. The first kappa shape index (κ1) is 11.8. The highest BCUT2D eigenvalue weighted by Crippen LogP contribution is 1.90. The molecule has 0 aliphatic heterocycles. The van der Waals surface area contributed by atoms with Crippen molar-refractivity contribution in [2.75, 3.05) is 19.6 Å². The van der Waals surface area contributed by atoms with Crippen LogP contribution in [-0.2, 0) is 0 Å². The molecule has 0 saturated heterocycles. The highest BCUT2D eigenvalue weighted by Gasteiger charge is 2.02. The van der Waals surface area contributed by atoms with Gasteiger partial charge in [0.05, 0.1) is 6.54 Å². The molecule has 1 unspecified atom stereocenters. The highest BCUT2D eigenvalue weighted by atomic mass is 19.3.